The molecular formula is C65H106N16O23P2S. The van der Waals surface area contributed by atoms with E-state index in [9.17, 15) is 90.8 Å². The number of benzene rings is 2. The topological polar surface area (TPSA) is 530 Å². The number of nitrogens with zero attached hydrogens (tertiary/aromatic N) is 8. The van der Waals surface area contributed by atoms with Crippen LogP contribution in [0.3, 0.4) is 0 Å². The van der Waals surface area contributed by atoms with Gasteiger partial charge in [-0.15, -0.1) is 0 Å². The van der Waals surface area contributed by atoms with E-state index in [1.165, 1.54) is 12.1 Å². The lowest BCUT2D eigenvalue weighted by atomic mass is 10.1. The number of fused-ring (bicyclic) bond motifs is 1. The monoisotopic (exact) mass is 1570 g/mol. The van der Waals surface area contributed by atoms with E-state index in [-0.39, 0.29) is 139 Å². The van der Waals surface area contributed by atoms with Crippen molar-refractivity contribution in [3.05, 3.63) is 65.6 Å². The number of sulfonamides is 1. The van der Waals surface area contributed by atoms with Crippen molar-refractivity contribution in [2.45, 2.75) is 95.7 Å². The van der Waals surface area contributed by atoms with Gasteiger partial charge in [-0.1, -0.05) is 6.92 Å². The molecule has 3 heterocycles. The molecule has 39 nitrogen and oxygen atoms in total. The zero-order valence-corrected chi connectivity index (χ0v) is 63.4. The number of carbonyl (C=O) groups excluding carboxylic acids is 5. The Labute approximate surface area is 621 Å². The second kappa shape index (κ2) is 47.3. The van der Waals surface area contributed by atoms with Crippen LogP contribution in [0.15, 0.2) is 53.8 Å². The molecule has 42 heteroatoms. The van der Waals surface area contributed by atoms with Crippen molar-refractivity contribution < 1.29 is 110 Å². The fourth-order valence-electron chi connectivity index (χ4n) is 11.4. The first-order chi connectivity index (χ1) is 50.9. The predicted octanol–water partition coefficient (Wildman–Crippen LogP) is -0.984. The molecule has 600 valence electrons. The maximum atomic E-state index is 13.8. The summed E-state index contributed by atoms with van der Waals surface area (Å²) in [5.74, 6) is -5.11. The van der Waals surface area contributed by atoms with Gasteiger partial charge in [0.25, 0.3) is 5.91 Å². The van der Waals surface area contributed by atoms with Crippen molar-refractivity contribution in [1.82, 2.24) is 75.6 Å². The van der Waals surface area contributed by atoms with Crippen LogP contribution in [-0.4, -0.2) is 324 Å². The number of aryl methyl sites for hydroxylation is 3. The summed E-state index contributed by atoms with van der Waals surface area (Å²) in [5, 5.41) is 50.9. The number of hydrogen-bond acceptors (Lipinski definition) is 24. The number of aromatic nitrogens is 4. The Morgan fingerprint density at radius 1 is 0.636 bits per heavy atom. The van der Waals surface area contributed by atoms with E-state index < -0.39 is 104 Å². The van der Waals surface area contributed by atoms with E-state index in [0.29, 0.717) is 113 Å². The summed E-state index contributed by atoms with van der Waals surface area (Å²) >= 11 is 0. The zero-order valence-electron chi connectivity index (χ0n) is 60.8. The molecule has 1 fully saturated rings. The Kier molecular flexibility index (Phi) is 39.8. The number of anilines is 1. The summed E-state index contributed by atoms with van der Waals surface area (Å²) in [6.07, 6.45) is 5.73. The van der Waals surface area contributed by atoms with E-state index in [1.54, 1.807) is 65.1 Å². The van der Waals surface area contributed by atoms with Gasteiger partial charge in [0, 0.05) is 135 Å². The quantitative estimate of drug-likeness (QED) is 0.0187. The van der Waals surface area contributed by atoms with Crippen LogP contribution >= 0.6 is 15.2 Å². The number of carboxylic acid groups (broad SMARTS) is 3. The normalized spacial score (nSPS) is 14.7. The van der Waals surface area contributed by atoms with Crippen LogP contribution in [-0.2, 0) is 73.5 Å². The summed E-state index contributed by atoms with van der Waals surface area (Å²) in [4.78, 5) is 154. The van der Waals surface area contributed by atoms with E-state index in [2.05, 4.69) is 56.6 Å². The first-order valence-electron chi connectivity index (χ1n) is 35.3. The molecule has 0 bridgehead atoms. The minimum atomic E-state index is -4.78. The lowest BCUT2D eigenvalue weighted by molar-refractivity contribution is -0.140. The molecule has 107 heavy (non-hydrogen) atoms. The molecular weight excluding hydrogens is 1470 g/mol. The second-order valence-corrected chi connectivity index (χ2v) is 30.4. The number of unbranched alkanes of at least 4 members (excludes halogenated alkanes) is 1. The van der Waals surface area contributed by atoms with Gasteiger partial charge in [-0.2, -0.15) is 9.82 Å². The summed E-state index contributed by atoms with van der Waals surface area (Å²) in [7, 11) is -14.0. The molecule has 0 saturated carbocycles. The number of aliphatic carboxylic acids is 3. The third-order valence-corrected chi connectivity index (χ3v) is 19.9. The summed E-state index contributed by atoms with van der Waals surface area (Å²) in [6.45, 7) is 10.4. The van der Waals surface area contributed by atoms with Gasteiger partial charge in [0.2, 0.25) is 33.7 Å². The predicted molar refractivity (Wildman–Crippen MR) is 390 cm³/mol. The molecule has 4 aromatic rings. The van der Waals surface area contributed by atoms with E-state index in [4.69, 9.17) is 18.9 Å². The van der Waals surface area contributed by atoms with Gasteiger partial charge in [-0.05, 0) is 107 Å². The highest BCUT2D eigenvalue weighted by atomic mass is 32.2. The molecule has 0 radical (unpaired) electrons. The number of nitrogens with one attached hydrogen (secondary N) is 8. The van der Waals surface area contributed by atoms with Gasteiger partial charge in [-0.25, -0.2) is 13.4 Å². The average Bonchev–Trinajstić information content (AvgIpc) is 1.44. The van der Waals surface area contributed by atoms with Crippen molar-refractivity contribution in [3.8, 4) is 5.75 Å². The van der Waals surface area contributed by atoms with Crippen LogP contribution in [0.25, 0.3) is 10.9 Å². The molecule has 0 unspecified atom stereocenters. The maximum Gasteiger partial charge on any atom is 0.339 e. The Morgan fingerprint density at radius 3 is 1.76 bits per heavy atom. The number of hydrogen-bond donors (Lipinski definition) is 15. The van der Waals surface area contributed by atoms with Crippen molar-refractivity contribution >= 4 is 89.5 Å². The third-order valence-electron chi connectivity index (χ3n) is 16.6. The van der Waals surface area contributed by atoms with Gasteiger partial charge in [-0.3, -0.25) is 71.8 Å². The Morgan fingerprint density at radius 2 is 1.20 bits per heavy atom. The highest BCUT2D eigenvalue weighted by molar-refractivity contribution is 7.89. The molecule has 1 aliphatic rings. The van der Waals surface area contributed by atoms with Gasteiger partial charge >= 0.3 is 33.1 Å². The molecule has 2 aromatic heterocycles. The van der Waals surface area contributed by atoms with Gasteiger partial charge in [0.05, 0.1) is 75.8 Å². The van der Waals surface area contributed by atoms with Crippen LogP contribution < -0.4 is 41.4 Å². The average molecular weight is 1570 g/mol. The Balaban J connectivity index is 0.951. The minimum absolute atomic E-state index is 0.0185. The molecule has 1 saturated heterocycles. The fourth-order valence-corrected chi connectivity index (χ4v) is 14.6. The van der Waals surface area contributed by atoms with Crippen LogP contribution in [0.4, 0.5) is 5.95 Å². The van der Waals surface area contributed by atoms with E-state index >= 15 is 0 Å². The van der Waals surface area contributed by atoms with E-state index in [0.717, 1.165) is 11.9 Å². The number of imidazole rings is 1. The lowest BCUT2D eigenvalue weighted by Gasteiger charge is -2.33. The van der Waals surface area contributed by atoms with Crippen molar-refractivity contribution in [2.75, 3.05) is 182 Å². The number of ether oxygens (including phenoxy) is 4. The Bertz CT molecular complexity index is 3630. The van der Waals surface area contributed by atoms with Gasteiger partial charge in [0.1, 0.15) is 30.4 Å². The van der Waals surface area contributed by atoms with Gasteiger partial charge < -0.3 is 95.6 Å². The first kappa shape index (κ1) is 90.0. The second-order valence-electron chi connectivity index (χ2n) is 25.6. The SMILES string of the molecule is CCN1CCN(CC(=O)O)CCN(CC(=O)O)CCN(CC(=O)N[C@H](CCCCNC(=O)CN(CP(=O)(O)O)CP(=O)(O)O)C(=O)NCCCOCCOCCOCCCNC(=O)CCCOc2cc(C)c(S(=O)(=O)N[C@@H](CNC(=O)c3ccc4c(cnn4CCCNc4ncc[nH]4)c3)C(=O)O)c(C)c2)CC1. The van der Waals surface area contributed by atoms with Crippen LogP contribution in [0.1, 0.15) is 79.8 Å². The molecule has 0 aliphatic carbocycles. The molecule has 5 amide bonds. The van der Waals surface area contributed by atoms with Crippen LogP contribution in [0, 0.1) is 13.8 Å². The number of rotatable bonds is 51. The van der Waals surface area contributed by atoms with Crippen molar-refractivity contribution in [2.24, 2.45) is 0 Å². The molecule has 0 spiro atoms. The number of H-pyrrole nitrogens is 1. The van der Waals surface area contributed by atoms with Crippen molar-refractivity contribution in [1.29, 1.82) is 0 Å². The number of likely N-dealkylation sites (N-methyl/N-ethyl adjacent to an activating group) is 1. The third kappa shape index (κ3) is 36.9. The minimum Gasteiger partial charge on any atom is -0.494 e. The standard InChI is InChI=1S/C65H106N16O23P2S/c1-4-76-22-24-77(26-27-79(45-60(87)88)29-28-78(25-23-76)44-59(85)86)43-58(84)74-53(11-5-6-15-67-57(83)42-80(46-105(93,94)95)47-106(96,97)98)63(90)68-18-10-31-102-34-36-103-35-33-101-30-9-17-66-56(82)12-7-32-104-52-37-48(2)61(49(3)38-52)107(99,100)75-54(64(91)92)41-72-62(89)50-13-14-55-51(39-50)40-73-81(55)21-8-16-69-65-70-19-20-71-65/h13-14,19-20,37-40,53-54,75H,4-12,15-18,21-36,41-47H2,1-3H3,(H,66,82)(H,67,83)(H,68,90)(H,72,89)(H,74,84)(H,85,86)(H,87,88)(H,91,92)(H2,69,70,71)(H2,93,94,95)(H2,96,97,98)/t53-,54+/m1/s1. The number of carboxylic acids is 3. The summed E-state index contributed by atoms with van der Waals surface area (Å²) in [6, 6.07) is 5.19. The Hall–Kier alpha value is -7.63. The fraction of sp³-hybridized carbons (Fsp3) is 0.631. The molecule has 1 aliphatic heterocycles. The molecule has 2 aromatic carbocycles. The summed E-state index contributed by atoms with van der Waals surface area (Å²) in [5.41, 5.74) is 1.59. The number of amides is 5. The molecule has 5 rings (SSSR count). The summed E-state index contributed by atoms with van der Waals surface area (Å²) < 4.78 is 77.2. The smallest absolute Gasteiger partial charge is 0.339 e. The maximum absolute atomic E-state index is 13.8. The van der Waals surface area contributed by atoms with Crippen LogP contribution in [0.5, 0.6) is 5.75 Å². The lowest BCUT2D eigenvalue weighted by Crippen LogP contribution is -2.52. The van der Waals surface area contributed by atoms with Crippen LogP contribution in [0.2, 0.25) is 0 Å². The molecule has 15 N–H and O–H groups in total. The highest BCUT2D eigenvalue weighted by Gasteiger charge is 2.31. The zero-order chi connectivity index (χ0) is 78.4. The number of aromatic amines is 1. The number of carbonyl (C=O) groups is 8. The van der Waals surface area contributed by atoms with Crippen molar-refractivity contribution in [3.63, 3.8) is 0 Å². The highest BCUT2D eigenvalue weighted by Crippen LogP contribution is 2.40. The van der Waals surface area contributed by atoms with E-state index in [1.807, 2.05) is 11.8 Å². The molecule has 2 atom stereocenters. The first-order valence-corrected chi connectivity index (χ1v) is 40.4. The largest absolute Gasteiger partial charge is 0.494 e. The van der Waals surface area contributed by atoms with Gasteiger partial charge in [0.15, 0.2) is 5.95 Å².